The number of nitrogens with one attached hydrogen (secondary N) is 2. The van der Waals surface area contributed by atoms with Crippen LogP contribution in [0.3, 0.4) is 0 Å². The number of nitrogens with two attached hydrogens (primary N) is 1. The Morgan fingerprint density at radius 3 is 2.00 bits per heavy atom. The van der Waals surface area contributed by atoms with Crippen LogP contribution in [0.15, 0.2) is 0 Å². The molecule has 0 aliphatic carbocycles. The van der Waals surface area contributed by atoms with Crippen molar-refractivity contribution in [1.82, 2.24) is 10.6 Å². The van der Waals surface area contributed by atoms with E-state index in [1.54, 1.807) is 13.8 Å². The van der Waals surface area contributed by atoms with Crippen molar-refractivity contribution >= 4 is 17.8 Å². The molecule has 2 amide bonds. The number of amides is 2. The average Bonchev–Trinajstić information content (AvgIpc) is 2.33. The molecule has 0 aliphatic rings. The molecule has 7 heteroatoms. The average molecular weight is 287 g/mol. The van der Waals surface area contributed by atoms with E-state index in [1.807, 2.05) is 13.8 Å². The number of carbonyl (C=O) groups excluding carboxylic acids is 2. The van der Waals surface area contributed by atoms with E-state index >= 15 is 0 Å². The van der Waals surface area contributed by atoms with Gasteiger partial charge in [0.2, 0.25) is 11.8 Å². The standard InChI is InChI=1S/C13H25N3O4/c1-7(2)5-9(15-10(17)6-14)12(18)16-11(8(3)4)13(19)20/h7-9,11H,5-6,14H2,1-4H3,(H,15,17)(H,16,18)(H,19,20)/t9-,11-/m0/s1. The second kappa shape index (κ2) is 8.52. The van der Waals surface area contributed by atoms with Gasteiger partial charge in [-0.3, -0.25) is 9.59 Å². The van der Waals surface area contributed by atoms with E-state index in [4.69, 9.17) is 10.8 Å². The minimum atomic E-state index is -1.10. The first kappa shape index (κ1) is 18.4. The zero-order valence-electron chi connectivity index (χ0n) is 12.5. The third-order valence-electron chi connectivity index (χ3n) is 2.77. The number of carboxylic acids is 1. The van der Waals surface area contributed by atoms with Gasteiger partial charge in [-0.15, -0.1) is 0 Å². The molecule has 0 unspecified atom stereocenters. The first-order valence-corrected chi connectivity index (χ1v) is 6.71. The lowest BCUT2D eigenvalue weighted by Crippen LogP contribution is -2.54. The summed E-state index contributed by atoms with van der Waals surface area (Å²) in [5.41, 5.74) is 5.21. The fourth-order valence-corrected chi connectivity index (χ4v) is 1.72. The summed E-state index contributed by atoms with van der Waals surface area (Å²) in [4.78, 5) is 34.5. The van der Waals surface area contributed by atoms with Gasteiger partial charge >= 0.3 is 5.97 Å². The van der Waals surface area contributed by atoms with Crippen molar-refractivity contribution in [2.24, 2.45) is 17.6 Å². The maximum absolute atomic E-state index is 12.1. The summed E-state index contributed by atoms with van der Waals surface area (Å²) in [6, 6.07) is -1.75. The van der Waals surface area contributed by atoms with E-state index in [1.165, 1.54) is 0 Å². The molecule has 0 rings (SSSR count). The van der Waals surface area contributed by atoms with Crippen LogP contribution >= 0.6 is 0 Å². The molecule has 0 aromatic rings. The van der Waals surface area contributed by atoms with E-state index in [9.17, 15) is 14.4 Å². The van der Waals surface area contributed by atoms with Crippen LogP contribution in [-0.4, -0.2) is 41.5 Å². The first-order valence-electron chi connectivity index (χ1n) is 6.71. The summed E-state index contributed by atoms with van der Waals surface area (Å²) in [7, 11) is 0. The highest BCUT2D eigenvalue weighted by atomic mass is 16.4. The molecule has 116 valence electrons. The molecular weight excluding hydrogens is 262 g/mol. The number of rotatable bonds is 8. The molecule has 5 N–H and O–H groups in total. The van der Waals surface area contributed by atoms with E-state index in [0.29, 0.717) is 6.42 Å². The van der Waals surface area contributed by atoms with Crippen molar-refractivity contribution in [3.8, 4) is 0 Å². The predicted molar refractivity (Wildman–Crippen MR) is 74.8 cm³/mol. The lowest BCUT2D eigenvalue weighted by molar-refractivity contribution is -0.143. The fourth-order valence-electron chi connectivity index (χ4n) is 1.72. The summed E-state index contributed by atoms with van der Waals surface area (Å²) in [5.74, 6) is -2.11. The van der Waals surface area contributed by atoms with Gasteiger partial charge in [0.1, 0.15) is 12.1 Å². The summed E-state index contributed by atoms with van der Waals surface area (Å²) < 4.78 is 0. The van der Waals surface area contributed by atoms with E-state index < -0.39 is 29.9 Å². The molecule has 0 saturated carbocycles. The second-order valence-electron chi connectivity index (χ2n) is 5.52. The minimum absolute atomic E-state index is 0.172. The Balaban J connectivity index is 4.84. The molecule has 0 bridgehead atoms. The fraction of sp³-hybridized carbons (Fsp3) is 0.769. The van der Waals surface area contributed by atoms with Crippen LogP contribution in [0.5, 0.6) is 0 Å². The van der Waals surface area contributed by atoms with Crippen LogP contribution in [0.2, 0.25) is 0 Å². The molecular formula is C13H25N3O4. The highest BCUT2D eigenvalue weighted by Crippen LogP contribution is 2.07. The van der Waals surface area contributed by atoms with Gasteiger partial charge in [0.25, 0.3) is 0 Å². The van der Waals surface area contributed by atoms with Gasteiger partial charge in [-0.05, 0) is 18.3 Å². The molecule has 0 aliphatic heterocycles. The second-order valence-corrected chi connectivity index (χ2v) is 5.52. The number of carboxylic acid groups (broad SMARTS) is 1. The van der Waals surface area contributed by atoms with Crippen LogP contribution in [0.1, 0.15) is 34.1 Å². The maximum Gasteiger partial charge on any atom is 0.326 e. The molecule has 2 atom stereocenters. The molecule has 7 nitrogen and oxygen atoms in total. The minimum Gasteiger partial charge on any atom is -0.480 e. The Morgan fingerprint density at radius 1 is 1.10 bits per heavy atom. The SMILES string of the molecule is CC(C)C[C@H](NC(=O)CN)C(=O)N[C@H](C(=O)O)C(C)C. The Labute approximate surface area is 119 Å². The van der Waals surface area contributed by atoms with E-state index in [-0.39, 0.29) is 18.4 Å². The number of hydrogen-bond donors (Lipinski definition) is 4. The van der Waals surface area contributed by atoms with Gasteiger partial charge in [-0.1, -0.05) is 27.7 Å². The summed E-state index contributed by atoms with van der Waals surface area (Å²) in [6.07, 6.45) is 0.419. The molecule has 0 spiro atoms. The summed E-state index contributed by atoms with van der Waals surface area (Å²) in [5, 5.41) is 14.0. The van der Waals surface area contributed by atoms with Crippen molar-refractivity contribution < 1.29 is 19.5 Å². The molecule has 0 heterocycles. The first-order chi connectivity index (χ1) is 9.18. The zero-order chi connectivity index (χ0) is 15.9. The monoisotopic (exact) mass is 287 g/mol. The van der Waals surface area contributed by atoms with E-state index in [2.05, 4.69) is 10.6 Å². The Hall–Kier alpha value is -1.63. The normalized spacial score (nSPS) is 13.9. The largest absolute Gasteiger partial charge is 0.480 e. The zero-order valence-corrected chi connectivity index (χ0v) is 12.5. The van der Waals surface area contributed by atoms with Crippen molar-refractivity contribution in [2.45, 2.75) is 46.2 Å². The maximum atomic E-state index is 12.1. The number of carbonyl (C=O) groups is 3. The third-order valence-corrected chi connectivity index (χ3v) is 2.77. The smallest absolute Gasteiger partial charge is 0.326 e. The van der Waals surface area contributed by atoms with Gasteiger partial charge in [0, 0.05) is 0 Å². The summed E-state index contributed by atoms with van der Waals surface area (Å²) in [6.45, 7) is 7.01. The van der Waals surface area contributed by atoms with Crippen LogP contribution < -0.4 is 16.4 Å². The van der Waals surface area contributed by atoms with Gasteiger partial charge in [0.15, 0.2) is 0 Å². The van der Waals surface area contributed by atoms with Gasteiger partial charge in [-0.25, -0.2) is 4.79 Å². The van der Waals surface area contributed by atoms with Crippen LogP contribution in [0.25, 0.3) is 0 Å². The lowest BCUT2D eigenvalue weighted by Gasteiger charge is -2.24. The third kappa shape index (κ3) is 6.51. The molecule has 0 saturated heterocycles. The Bertz CT molecular complexity index is 356. The van der Waals surface area contributed by atoms with Crippen LogP contribution in [-0.2, 0) is 14.4 Å². The highest BCUT2D eigenvalue weighted by Gasteiger charge is 2.28. The van der Waals surface area contributed by atoms with Gasteiger partial charge < -0.3 is 21.5 Å². The lowest BCUT2D eigenvalue weighted by atomic mass is 10.0. The van der Waals surface area contributed by atoms with Crippen molar-refractivity contribution in [3.05, 3.63) is 0 Å². The Kier molecular flexibility index (Phi) is 7.83. The quantitative estimate of drug-likeness (QED) is 0.488. The topological polar surface area (TPSA) is 122 Å². The number of hydrogen-bond acceptors (Lipinski definition) is 4. The van der Waals surface area contributed by atoms with Gasteiger partial charge in [-0.2, -0.15) is 0 Å². The van der Waals surface area contributed by atoms with Crippen LogP contribution in [0, 0.1) is 11.8 Å². The molecule has 20 heavy (non-hydrogen) atoms. The van der Waals surface area contributed by atoms with E-state index in [0.717, 1.165) is 0 Å². The molecule has 0 aromatic heterocycles. The highest BCUT2D eigenvalue weighted by molar-refractivity contribution is 5.90. The van der Waals surface area contributed by atoms with Crippen molar-refractivity contribution in [2.75, 3.05) is 6.54 Å². The molecule has 0 radical (unpaired) electrons. The van der Waals surface area contributed by atoms with Crippen molar-refractivity contribution in [3.63, 3.8) is 0 Å². The molecule has 0 fully saturated rings. The Morgan fingerprint density at radius 2 is 1.65 bits per heavy atom. The van der Waals surface area contributed by atoms with Gasteiger partial charge in [0.05, 0.1) is 6.54 Å². The van der Waals surface area contributed by atoms with Crippen molar-refractivity contribution in [1.29, 1.82) is 0 Å². The van der Waals surface area contributed by atoms with Crippen LogP contribution in [0.4, 0.5) is 0 Å². The molecule has 0 aromatic carbocycles. The predicted octanol–water partition coefficient (Wildman–Crippen LogP) is -0.299. The summed E-state index contributed by atoms with van der Waals surface area (Å²) >= 11 is 0. The number of aliphatic carboxylic acids is 1.